The van der Waals surface area contributed by atoms with Gasteiger partial charge in [-0.25, -0.2) is 4.79 Å². The van der Waals surface area contributed by atoms with E-state index < -0.39 is 17.8 Å². The van der Waals surface area contributed by atoms with Crippen molar-refractivity contribution in [1.29, 1.82) is 0 Å². The molecule has 2 heterocycles. The van der Waals surface area contributed by atoms with Crippen LogP contribution < -0.4 is 20.9 Å². The quantitative estimate of drug-likeness (QED) is 0.375. The van der Waals surface area contributed by atoms with E-state index in [9.17, 15) is 22.8 Å². The highest BCUT2D eigenvalue weighted by molar-refractivity contribution is 6.04. The monoisotopic (exact) mass is 567 g/mol. The van der Waals surface area contributed by atoms with Crippen LogP contribution in [0.4, 0.5) is 35.0 Å². The Hall–Kier alpha value is -4.09. The van der Waals surface area contributed by atoms with Gasteiger partial charge in [0.05, 0.1) is 24.3 Å². The van der Waals surface area contributed by atoms with Crippen molar-refractivity contribution in [2.24, 2.45) is 0 Å². The Bertz CT molecular complexity index is 1370. The van der Waals surface area contributed by atoms with Gasteiger partial charge in [-0.1, -0.05) is 24.3 Å². The highest BCUT2D eigenvalue weighted by Crippen LogP contribution is 2.31. The first-order chi connectivity index (χ1) is 19.8. The first-order valence-electron chi connectivity index (χ1n) is 13.6. The topological polar surface area (TPSA) is 85.9 Å². The van der Waals surface area contributed by atoms with Crippen molar-refractivity contribution in [1.82, 2.24) is 10.2 Å². The van der Waals surface area contributed by atoms with Gasteiger partial charge in [-0.3, -0.25) is 9.69 Å². The molecule has 0 bridgehead atoms. The van der Waals surface area contributed by atoms with E-state index in [4.69, 9.17) is 4.74 Å². The molecule has 11 heteroatoms. The number of ether oxygens (including phenoxy) is 1. The van der Waals surface area contributed by atoms with Crippen molar-refractivity contribution in [2.75, 3.05) is 61.5 Å². The van der Waals surface area contributed by atoms with E-state index in [1.165, 1.54) is 23.3 Å². The number of nitrogens with one attached hydrogen (secondary N) is 3. The number of benzene rings is 3. The smallest absolute Gasteiger partial charge is 0.379 e. The summed E-state index contributed by atoms with van der Waals surface area (Å²) in [4.78, 5) is 30.5. The Morgan fingerprint density at radius 2 is 1.54 bits per heavy atom. The third-order valence-electron chi connectivity index (χ3n) is 7.26. The van der Waals surface area contributed by atoms with Crippen molar-refractivity contribution >= 4 is 29.0 Å². The summed E-state index contributed by atoms with van der Waals surface area (Å²) in [6, 6.07) is 16.9. The molecule has 5 rings (SSSR count). The highest BCUT2D eigenvalue weighted by Gasteiger charge is 2.30. The average molecular weight is 568 g/mol. The number of alkyl halides is 3. The zero-order chi connectivity index (χ0) is 28.8. The summed E-state index contributed by atoms with van der Waals surface area (Å²) in [5, 5.41) is 8.24. The van der Waals surface area contributed by atoms with Gasteiger partial charge in [0.15, 0.2) is 0 Å². The van der Waals surface area contributed by atoms with Crippen LogP contribution in [0.2, 0.25) is 0 Å². The molecule has 216 valence electrons. The number of amides is 3. The first kappa shape index (κ1) is 28.4. The number of urea groups is 1. The molecule has 3 aromatic carbocycles. The van der Waals surface area contributed by atoms with Gasteiger partial charge in [0, 0.05) is 56.3 Å². The van der Waals surface area contributed by atoms with Crippen molar-refractivity contribution < 1.29 is 27.5 Å². The van der Waals surface area contributed by atoms with Crippen LogP contribution in [0.15, 0.2) is 66.7 Å². The van der Waals surface area contributed by atoms with Crippen molar-refractivity contribution in [2.45, 2.75) is 19.1 Å². The van der Waals surface area contributed by atoms with Gasteiger partial charge in [-0.15, -0.1) is 0 Å². The molecule has 41 heavy (non-hydrogen) atoms. The lowest BCUT2D eigenvalue weighted by Gasteiger charge is -2.32. The maximum Gasteiger partial charge on any atom is 0.416 e. The number of carbonyl (C=O) groups excluding carboxylic acids is 2. The number of anilines is 3. The number of rotatable bonds is 7. The summed E-state index contributed by atoms with van der Waals surface area (Å²) in [6.45, 7) is 5.57. The first-order valence-corrected chi connectivity index (χ1v) is 13.6. The van der Waals surface area contributed by atoms with Crippen molar-refractivity contribution in [3.63, 3.8) is 0 Å². The minimum atomic E-state index is -4.46. The van der Waals surface area contributed by atoms with Crippen LogP contribution in [-0.4, -0.2) is 62.8 Å². The molecule has 0 unspecified atom stereocenters. The largest absolute Gasteiger partial charge is 0.416 e. The van der Waals surface area contributed by atoms with Gasteiger partial charge in [0.2, 0.25) is 0 Å². The maximum absolute atomic E-state index is 13.4. The zero-order valence-corrected chi connectivity index (χ0v) is 22.5. The Balaban J connectivity index is 1.30. The summed E-state index contributed by atoms with van der Waals surface area (Å²) < 4.78 is 43.9. The number of fused-ring (bicyclic) bond motifs is 1. The van der Waals surface area contributed by atoms with Crippen molar-refractivity contribution in [3.05, 3.63) is 89.0 Å². The summed E-state index contributed by atoms with van der Waals surface area (Å²) in [6.07, 6.45) is -3.61. The van der Waals surface area contributed by atoms with E-state index >= 15 is 0 Å². The molecule has 0 atom stereocenters. The van der Waals surface area contributed by atoms with Crippen LogP contribution in [0, 0.1) is 0 Å². The summed E-state index contributed by atoms with van der Waals surface area (Å²) in [5.74, 6) is -0.251. The highest BCUT2D eigenvalue weighted by atomic mass is 19.4. The van der Waals surface area contributed by atoms with Crippen molar-refractivity contribution in [3.8, 4) is 0 Å². The molecule has 0 aromatic heterocycles. The molecule has 1 saturated heterocycles. The van der Waals surface area contributed by atoms with Gasteiger partial charge in [0.1, 0.15) is 0 Å². The molecule has 8 nitrogen and oxygen atoms in total. The number of morpholine rings is 1. The second-order valence-electron chi connectivity index (χ2n) is 10.0. The summed E-state index contributed by atoms with van der Waals surface area (Å²) >= 11 is 0. The Morgan fingerprint density at radius 1 is 0.854 bits per heavy atom. The average Bonchev–Trinajstić information content (AvgIpc) is 2.97. The Kier molecular flexibility index (Phi) is 8.75. The van der Waals surface area contributed by atoms with Crippen LogP contribution in [0.3, 0.4) is 0 Å². The Morgan fingerprint density at radius 3 is 2.27 bits per heavy atom. The molecule has 0 saturated carbocycles. The number of nitrogens with zero attached hydrogens (tertiary/aromatic N) is 2. The molecule has 0 spiro atoms. The van der Waals surface area contributed by atoms with Crippen LogP contribution in [0.5, 0.6) is 0 Å². The fourth-order valence-electron chi connectivity index (χ4n) is 5.06. The van der Waals surface area contributed by atoms with Crippen LogP contribution >= 0.6 is 0 Å². The van der Waals surface area contributed by atoms with E-state index in [2.05, 4.69) is 37.9 Å². The lowest BCUT2D eigenvalue weighted by Crippen LogP contribution is -2.41. The van der Waals surface area contributed by atoms with E-state index in [1.54, 1.807) is 12.1 Å². The molecular formula is C30H32F3N5O3. The normalized spacial score (nSPS) is 15.6. The molecule has 1 fully saturated rings. The number of halogens is 3. The summed E-state index contributed by atoms with van der Waals surface area (Å²) in [7, 11) is 0. The van der Waals surface area contributed by atoms with E-state index in [1.807, 2.05) is 18.2 Å². The molecule has 0 aliphatic carbocycles. The molecule has 2 aliphatic heterocycles. The second-order valence-corrected chi connectivity index (χ2v) is 10.0. The lowest BCUT2D eigenvalue weighted by molar-refractivity contribution is -0.137. The molecule has 0 radical (unpaired) electrons. The molecular weight excluding hydrogens is 535 g/mol. The SMILES string of the molecule is O=C(Nc1ccc(C(F)(F)F)cc1)Nc1ccc(N2CCc3ccccc3C2)c(C(=O)NCCN2CCOCC2)c1. The van der Waals surface area contributed by atoms with E-state index in [0.717, 1.165) is 43.9 Å². The van der Waals surface area contributed by atoms with Gasteiger partial charge >= 0.3 is 12.2 Å². The predicted octanol–water partition coefficient (Wildman–Crippen LogP) is 4.97. The van der Waals surface area contributed by atoms with Gasteiger partial charge in [-0.2, -0.15) is 13.2 Å². The van der Waals surface area contributed by atoms with Gasteiger partial charge in [0.25, 0.3) is 5.91 Å². The van der Waals surface area contributed by atoms with Gasteiger partial charge < -0.3 is 25.6 Å². The number of carbonyl (C=O) groups is 2. The van der Waals surface area contributed by atoms with Crippen LogP contribution in [-0.2, 0) is 23.9 Å². The minimum absolute atomic E-state index is 0.209. The lowest BCUT2D eigenvalue weighted by atomic mass is 9.98. The minimum Gasteiger partial charge on any atom is -0.379 e. The third-order valence-corrected chi connectivity index (χ3v) is 7.26. The Labute approximate surface area is 236 Å². The third kappa shape index (κ3) is 7.36. The predicted molar refractivity (Wildman–Crippen MR) is 151 cm³/mol. The number of hydrogen-bond acceptors (Lipinski definition) is 5. The van der Waals surface area contributed by atoms with Crippen LogP contribution in [0.1, 0.15) is 27.0 Å². The molecule has 2 aliphatic rings. The number of hydrogen-bond donors (Lipinski definition) is 3. The zero-order valence-electron chi connectivity index (χ0n) is 22.5. The second kappa shape index (κ2) is 12.6. The molecule has 3 amide bonds. The standard InChI is InChI=1S/C30H32F3N5O3/c31-30(32,33)23-5-7-24(8-6-23)35-29(40)36-25-9-10-27(38-13-11-21-3-1-2-4-22(21)20-38)26(19-25)28(39)34-12-14-37-15-17-41-18-16-37/h1-10,19H,11-18,20H2,(H,34,39)(H2,35,36,40). The van der Waals surface area contributed by atoms with E-state index in [-0.39, 0.29) is 11.6 Å². The fraction of sp³-hybridized carbons (Fsp3) is 0.333. The molecule has 3 aromatic rings. The van der Waals surface area contributed by atoms with Gasteiger partial charge in [-0.05, 0) is 60.0 Å². The van der Waals surface area contributed by atoms with Crippen LogP contribution in [0.25, 0.3) is 0 Å². The fourth-order valence-corrected chi connectivity index (χ4v) is 5.06. The van der Waals surface area contributed by atoms with E-state index in [0.29, 0.717) is 44.1 Å². The maximum atomic E-state index is 13.4. The summed E-state index contributed by atoms with van der Waals surface area (Å²) in [5.41, 5.74) is 3.47. The molecule has 3 N–H and O–H groups in total.